The van der Waals surface area contributed by atoms with Gasteiger partial charge in [0.05, 0.1) is 13.2 Å². The number of benzene rings is 1. The molecular formula is C26H38N4O3. The van der Waals surface area contributed by atoms with Crippen molar-refractivity contribution in [3.8, 4) is 5.75 Å². The van der Waals surface area contributed by atoms with Crippen LogP contribution in [0.15, 0.2) is 18.2 Å². The van der Waals surface area contributed by atoms with Gasteiger partial charge in [-0.15, -0.1) is 0 Å². The normalized spacial score (nSPS) is 26.0. The fraction of sp³-hybridized carbons (Fsp3) is 0.731. The number of carbonyl (C=O) groups excluding carboxylic acids is 1. The number of piperidine rings is 1. The minimum Gasteiger partial charge on any atom is -0.487 e. The van der Waals surface area contributed by atoms with Gasteiger partial charge in [-0.1, -0.05) is 6.42 Å². The van der Waals surface area contributed by atoms with Gasteiger partial charge in [0.1, 0.15) is 11.4 Å². The summed E-state index contributed by atoms with van der Waals surface area (Å²) in [6.07, 6.45) is 8.81. The van der Waals surface area contributed by atoms with Gasteiger partial charge in [-0.05, 0) is 62.3 Å². The molecular weight excluding hydrogens is 416 g/mol. The zero-order chi connectivity index (χ0) is 22.3. The van der Waals surface area contributed by atoms with Crippen molar-refractivity contribution in [1.82, 2.24) is 14.7 Å². The lowest BCUT2D eigenvalue weighted by molar-refractivity contribution is -0.0336. The van der Waals surface area contributed by atoms with E-state index in [4.69, 9.17) is 9.47 Å². The van der Waals surface area contributed by atoms with Crippen LogP contribution in [0.4, 0.5) is 10.5 Å². The summed E-state index contributed by atoms with van der Waals surface area (Å²) in [5, 5.41) is 0. The fourth-order valence-corrected chi connectivity index (χ4v) is 6.22. The number of carbonyl (C=O) groups is 1. The minimum atomic E-state index is 0.0558. The number of hydrogen-bond donors (Lipinski definition) is 0. The molecule has 1 saturated carbocycles. The zero-order valence-corrected chi connectivity index (χ0v) is 19.8. The Kier molecular flexibility index (Phi) is 5.87. The fourth-order valence-electron chi connectivity index (χ4n) is 6.22. The number of amides is 2. The van der Waals surface area contributed by atoms with Crippen LogP contribution in [0.25, 0.3) is 0 Å². The summed E-state index contributed by atoms with van der Waals surface area (Å²) in [5.74, 6) is 1.10. The molecule has 0 bridgehead atoms. The van der Waals surface area contributed by atoms with E-state index < -0.39 is 0 Å². The summed E-state index contributed by atoms with van der Waals surface area (Å²) < 4.78 is 12.1. The van der Waals surface area contributed by atoms with Crippen molar-refractivity contribution in [3.05, 3.63) is 23.8 Å². The van der Waals surface area contributed by atoms with Crippen LogP contribution in [0.2, 0.25) is 0 Å². The lowest BCUT2D eigenvalue weighted by Gasteiger charge is -2.48. The molecule has 0 N–H and O–H groups in total. The Morgan fingerprint density at radius 1 is 0.879 bits per heavy atom. The Bertz CT molecular complexity index is 851. The second kappa shape index (κ2) is 8.99. The van der Waals surface area contributed by atoms with Crippen molar-refractivity contribution in [1.29, 1.82) is 0 Å². The van der Waals surface area contributed by atoms with Gasteiger partial charge in [0.25, 0.3) is 0 Å². The molecule has 180 valence electrons. The van der Waals surface area contributed by atoms with E-state index in [9.17, 15) is 4.79 Å². The zero-order valence-electron chi connectivity index (χ0n) is 19.8. The molecule has 4 heterocycles. The van der Waals surface area contributed by atoms with E-state index in [1.807, 2.05) is 9.80 Å². The lowest BCUT2D eigenvalue weighted by atomic mass is 9.81. The molecule has 0 unspecified atom stereocenters. The Balaban J connectivity index is 1.04. The summed E-state index contributed by atoms with van der Waals surface area (Å²) >= 11 is 0. The predicted octanol–water partition coefficient (Wildman–Crippen LogP) is 2.97. The Morgan fingerprint density at radius 3 is 2.30 bits per heavy atom. The number of nitrogens with zero attached hydrogens (tertiary/aromatic N) is 4. The highest BCUT2D eigenvalue weighted by atomic mass is 16.5. The van der Waals surface area contributed by atoms with Gasteiger partial charge in [0.15, 0.2) is 0 Å². The summed E-state index contributed by atoms with van der Waals surface area (Å²) in [6.45, 7) is 8.47. The highest BCUT2D eigenvalue weighted by Crippen LogP contribution is 2.42. The number of urea groups is 1. The van der Waals surface area contributed by atoms with E-state index in [0.717, 1.165) is 50.8 Å². The maximum absolute atomic E-state index is 12.8. The molecule has 7 heteroatoms. The van der Waals surface area contributed by atoms with Crippen molar-refractivity contribution >= 4 is 11.7 Å². The van der Waals surface area contributed by atoms with Crippen molar-refractivity contribution in [3.63, 3.8) is 0 Å². The van der Waals surface area contributed by atoms with Gasteiger partial charge < -0.3 is 29.1 Å². The molecule has 1 aromatic rings. The topological polar surface area (TPSA) is 48.5 Å². The van der Waals surface area contributed by atoms with Crippen molar-refractivity contribution in [2.75, 3.05) is 70.5 Å². The van der Waals surface area contributed by atoms with E-state index in [1.54, 1.807) is 0 Å². The Morgan fingerprint density at radius 2 is 1.61 bits per heavy atom. The van der Waals surface area contributed by atoms with Gasteiger partial charge in [-0.2, -0.15) is 0 Å². The number of rotatable bonds is 2. The molecule has 1 spiro atoms. The number of aryl methyl sites for hydroxylation is 1. The maximum atomic E-state index is 12.8. The first-order chi connectivity index (χ1) is 16.2. The molecule has 6 rings (SSSR count). The molecule has 3 saturated heterocycles. The number of morpholine rings is 1. The molecule has 5 aliphatic rings. The standard InChI is InChI=1S/C26H38N4O3/c31-25(30-16-18-32-19-17-30)29-14-12-28(13-15-29)23-4-5-24-21(20-23)6-7-26(33-24)8-10-27(11-9-26)22-2-1-3-22/h4-5,20,22H,1-3,6-19H2. The number of hydrogen-bond acceptors (Lipinski definition) is 5. The number of likely N-dealkylation sites (tertiary alicyclic amines) is 1. The van der Waals surface area contributed by atoms with Crippen molar-refractivity contribution < 1.29 is 14.3 Å². The van der Waals surface area contributed by atoms with E-state index in [1.165, 1.54) is 56.4 Å². The first-order valence-electron chi connectivity index (χ1n) is 13.1. The number of piperazine rings is 1. The average molecular weight is 455 g/mol. The van der Waals surface area contributed by atoms with Crippen LogP contribution in [-0.2, 0) is 11.2 Å². The van der Waals surface area contributed by atoms with Gasteiger partial charge in [0, 0.05) is 64.1 Å². The Labute approximate surface area is 197 Å². The molecule has 0 radical (unpaired) electrons. The average Bonchev–Trinajstić information content (AvgIpc) is 2.84. The molecule has 7 nitrogen and oxygen atoms in total. The van der Waals surface area contributed by atoms with E-state index in [-0.39, 0.29) is 11.6 Å². The van der Waals surface area contributed by atoms with Crippen LogP contribution in [0, 0.1) is 0 Å². The molecule has 0 aromatic heterocycles. The third kappa shape index (κ3) is 4.30. The minimum absolute atomic E-state index is 0.0558. The maximum Gasteiger partial charge on any atom is 0.320 e. The number of ether oxygens (including phenoxy) is 2. The largest absolute Gasteiger partial charge is 0.487 e. The highest BCUT2D eigenvalue weighted by Gasteiger charge is 2.41. The van der Waals surface area contributed by atoms with E-state index >= 15 is 0 Å². The molecule has 1 aliphatic carbocycles. The van der Waals surface area contributed by atoms with Crippen LogP contribution < -0.4 is 9.64 Å². The van der Waals surface area contributed by atoms with Gasteiger partial charge in [-0.3, -0.25) is 0 Å². The first kappa shape index (κ1) is 21.5. The summed E-state index contributed by atoms with van der Waals surface area (Å²) in [7, 11) is 0. The second-order valence-corrected chi connectivity index (χ2v) is 10.6. The SMILES string of the molecule is O=C(N1CCOCC1)N1CCN(c2ccc3c(c2)CCC2(CCN(C4CCC4)CC2)O3)CC1. The molecule has 33 heavy (non-hydrogen) atoms. The third-order valence-electron chi connectivity index (χ3n) is 8.72. The lowest BCUT2D eigenvalue weighted by Crippen LogP contribution is -2.55. The summed E-state index contributed by atoms with van der Waals surface area (Å²) in [6, 6.07) is 7.79. The van der Waals surface area contributed by atoms with Crippen LogP contribution in [0.5, 0.6) is 5.75 Å². The second-order valence-electron chi connectivity index (χ2n) is 10.6. The summed E-state index contributed by atoms with van der Waals surface area (Å²) in [4.78, 5) is 21.8. The van der Waals surface area contributed by atoms with Crippen molar-refractivity contribution in [2.45, 2.75) is 56.6 Å². The number of anilines is 1. The molecule has 4 aliphatic heterocycles. The van der Waals surface area contributed by atoms with E-state index in [0.29, 0.717) is 26.3 Å². The molecule has 4 fully saturated rings. The van der Waals surface area contributed by atoms with Crippen LogP contribution in [0.1, 0.15) is 44.1 Å². The summed E-state index contributed by atoms with van der Waals surface area (Å²) in [5.41, 5.74) is 2.68. The predicted molar refractivity (Wildman–Crippen MR) is 128 cm³/mol. The molecule has 0 atom stereocenters. The van der Waals surface area contributed by atoms with Gasteiger partial charge >= 0.3 is 6.03 Å². The monoisotopic (exact) mass is 454 g/mol. The Hall–Kier alpha value is -1.99. The van der Waals surface area contributed by atoms with Crippen LogP contribution >= 0.6 is 0 Å². The first-order valence-corrected chi connectivity index (χ1v) is 13.1. The smallest absolute Gasteiger partial charge is 0.320 e. The number of fused-ring (bicyclic) bond motifs is 1. The third-order valence-corrected chi connectivity index (χ3v) is 8.72. The molecule has 1 aromatic carbocycles. The van der Waals surface area contributed by atoms with Crippen molar-refractivity contribution in [2.24, 2.45) is 0 Å². The van der Waals surface area contributed by atoms with Gasteiger partial charge in [-0.25, -0.2) is 4.79 Å². The van der Waals surface area contributed by atoms with Crippen LogP contribution in [-0.4, -0.2) is 97.9 Å². The van der Waals surface area contributed by atoms with Gasteiger partial charge in [0.2, 0.25) is 0 Å². The quantitative estimate of drug-likeness (QED) is 0.688. The highest BCUT2D eigenvalue weighted by molar-refractivity contribution is 5.75. The van der Waals surface area contributed by atoms with E-state index in [2.05, 4.69) is 28.0 Å². The van der Waals surface area contributed by atoms with Crippen LogP contribution in [0.3, 0.4) is 0 Å². The molecule has 2 amide bonds.